The summed E-state index contributed by atoms with van der Waals surface area (Å²) in [5.74, 6) is 0.719. The highest BCUT2D eigenvalue weighted by atomic mass is 16.5. The van der Waals surface area contributed by atoms with E-state index in [1.165, 1.54) is 16.7 Å². The fourth-order valence-electron chi connectivity index (χ4n) is 3.79. The molecule has 1 saturated carbocycles. The van der Waals surface area contributed by atoms with E-state index in [9.17, 15) is 4.79 Å². The number of fused-ring (bicyclic) bond motifs is 1. The van der Waals surface area contributed by atoms with Crippen LogP contribution in [0.1, 0.15) is 24.8 Å². The van der Waals surface area contributed by atoms with Gasteiger partial charge in [-0.1, -0.05) is 54.6 Å². The minimum Gasteiger partial charge on any atom is -0.378 e. The van der Waals surface area contributed by atoms with E-state index in [4.69, 9.17) is 4.74 Å². The standard InChI is InChI=1S/C21H23NO2/c23-21(22-19-14-20-18(19)12-13-24-20)11-8-15-6-9-17(10-7-15)16-4-2-1-3-5-16/h1-7,9-10,18-20H,8,11-14H2,(H,22,23)/t18-,19+,20+/m1/s1. The summed E-state index contributed by atoms with van der Waals surface area (Å²) in [5.41, 5.74) is 3.64. The number of carbonyl (C=O) groups is 1. The number of ether oxygens (including phenoxy) is 1. The largest absolute Gasteiger partial charge is 0.378 e. The lowest BCUT2D eigenvalue weighted by atomic mass is 9.76. The summed E-state index contributed by atoms with van der Waals surface area (Å²) in [6.45, 7) is 0.857. The lowest BCUT2D eigenvalue weighted by Gasteiger charge is -2.39. The quantitative estimate of drug-likeness (QED) is 0.914. The molecule has 2 aromatic rings. The molecule has 2 fully saturated rings. The maximum Gasteiger partial charge on any atom is 0.220 e. The first-order valence-electron chi connectivity index (χ1n) is 8.85. The van der Waals surface area contributed by atoms with Gasteiger partial charge in [-0.3, -0.25) is 4.79 Å². The molecule has 0 unspecified atom stereocenters. The number of aryl methyl sites for hydroxylation is 1. The van der Waals surface area contributed by atoms with Crippen LogP contribution < -0.4 is 5.32 Å². The number of nitrogens with one attached hydrogen (secondary N) is 1. The molecule has 0 spiro atoms. The first-order chi connectivity index (χ1) is 11.8. The van der Waals surface area contributed by atoms with Gasteiger partial charge in [-0.2, -0.15) is 0 Å². The Labute approximate surface area is 143 Å². The van der Waals surface area contributed by atoms with Crippen LogP contribution in [0, 0.1) is 5.92 Å². The van der Waals surface area contributed by atoms with Crippen molar-refractivity contribution in [2.75, 3.05) is 6.61 Å². The minimum atomic E-state index is 0.164. The molecule has 1 amide bonds. The first kappa shape index (κ1) is 15.4. The van der Waals surface area contributed by atoms with Gasteiger partial charge < -0.3 is 10.1 Å². The molecule has 3 atom stereocenters. The molecule has 0 bridgehead atoms. The summed E-state index contributed by atoms with van der Waals surface area (Å²) in [5, 5.41) is 3.18. The molecule has 4 rings (SSSR count). The number of benzene rings is 2. The Hall–Kier alpha value is -2.13. The molecule has 3 heteroatoms. The van der Waals surface area contributed by atoms with Crippen molar-refractivity contribution in [3.63, 3.8) is 0 Å². The van der Waals surface area contributed by atoms with E-state index in [0.29, 0.717) is 24.5 Å². The maximum atomic E-state index is 12.1. The molecule has 2 aromatic carbocycles. The molecule has 24 heavy (non-hydrogen) atoms. The number of rotatable bonds is 5. The highest BCUT2D eigenvalue weighted by molar-refractivity contribution is 5.76. The molecule has 0 radical (unpaired) electrons. The summed E-state index contributed by atoms with van der Waals surface area (Å²) in [7, 11) is 0. The lowest BCUT2D eigenvalue weighted by Crippen LogP contribution is -2.53. The average molecular weight is 321 g/mol. The fraction of sp³-hybridized carbons (Fsp3) is 0.381. The van der Waals surface area contributed by atoms with Gasteiger partial charge in [0.05, 0.1) is 6.10 Å². The van der Waals surface area contributed by atoms with Crippen LogP contribution >= 0.6 is 0 Å². The Morgan fingerprint density at radius 3 is 2.54 bits per heavy atom. The molecular formula is C21H23NO2. The second-order valence-electron chi connectivity index (χ2n) is 6.83. The molecule has 1 heterocycles. The fourth-order valence-corrected chi connectivity index (χ4v) is 3.79. The van der Waals surface area contributed by atoms with Crippen LogP contribution in [-0.4, -0.2) is 24.7 Å². The third-order valence-corrected chi connectivity index (χ3v) is 5.31. The minimum absolute atomic E-state index is 0.164. The number of amides is 1. The van der Waals surface area contributed by atoms with Gasteiger partial charge in [-0.15, -0.1) is 0 Å². The van der Waals surface area contributed by atoms with Crippen molar-refractivity contribution in [3.8, 4) is 11.1 Å². The van der Waals surface area contributed by atoms with Crippen molar-refractivity contribution in [3.05, 3.63) is 60.2 Å². The Morgan fingerprint density at radius 2 is 1.79 bits per heavy atom. The smallest absolute Gasteiger partial charge is 0.220 e. The van der Waals surface area contributed by atoms with E-state index in [1.54, 1.807) is 0 Å². The molecule has 1 aliphatic carbocycles. The Balaban J connectivity index is 1.27. The Morgan fingerprint density at radius 1 is 1.04 bits per heavy atom. The van der Waals surface area contributed by atoms with Crippen molar-refractivity contribution in [2.24, 2.45) is 5.92 Å². The summed E-state index contributed by atoms with van der Waals surface area (Å²) in [6.07, 6.45) is 3.83. The van der Waals surface area contributed by atoms with Crippen molar-refractivity contribution in [1.29, 1.82) is 0 Å². The summed E-state index contributed by atoms with van der Waals surface area (Å²) in [6, 6.07) is 19.2. The van der Waals surface area contributed by atoms with E-state index >= 15 is 0 Å². The lowest BCUT2D eigenvalue weighted by molar-refractivity contribution is -0.124. The number of hydrogen-bond donors (Lipinski definition) is 1. The highest BCUT2D eigenvalue weighted by Gasteiger charge is 2.45. The van der Waals surface area contributed by atoms with E-state index in [0.717, 1.165) is 25.9 Å². The van der Waals surface area contributed by atoms with Gasteiger partial charge in [0, 0.05) is 25.0 Å². The van der Waals surface area contributed by atoms with Gasteiger partial charge in [0.15, 0.2) is 0 Å². The molecular weight excluding hydrogens is 298 g/mol. The van der Waals surface area contributed by atoms with E-state index < -0.39 is 0 Å². The third kappa shape index (κ3) is 3.22. The zero-order valence-corrected chi connectivity index (χ0v) is 13.8. The molecule has 1 N–H and O–H groups in total. The maximum absolute atomic E-state index is 12.1. The molecule has 124 valence electrons. The van der Waals surface area contributed by atoms with Crippen molar-refractivity contribution in [1.82, 2.24) is 5.32 Å². The van der Waals surface area contributed by atoms with Crippen LogP contribution in [0.2, 0.25) is 0 Å². The zero-order chi connectivity index (χ0) is 16.4. The van der Waals surface area contributed by atoms with E-state index in [-0.39, 0.29) is 5.91 Å². The first-order valence-corrected chi connectivity index (χ1v) is 8.85. The second kappa shape index (κ2) is 6.78. The highest BCUT2D eigenvalue weighted by Crippen LogP contribution is 2.38. The van der Waals surface area contributed by atoms with Gasteiger partial charge in [0.2, 0.25) is 5.91 Å². The molecule has 1 saturated heterocycles. The Kier molecular flexibility index (Phi) is 4.35. The van der Waals surface area contributed by atoms with E-state index in [2.05, 4.69) is 41.7 Å². The average Bonchev–Trinajstić information content (AvgIpc) is 3.00. The second-order valence-corrected chi connectivity index (χ2v) is 6.83. The summed E-state index contributed by atoms with van der Waals surface area (Å²) in [4.78, 5) is 12.1. The van der Waals surface area contributed by atoms with Crippen molar-refractivity contribution in [2.45, 2.75) is 37.8 Å². The number of carbonyl (C=O) groups excluding carboxylic acids is 1. The topological polar surface area (TPSA) is 38.3 Å². The molecule has 0 aromatic heterocycles. The zero-order valence-electron chi connectivity index (χ0n) is 13.8. The molecule has 3 nitrogen and oxygen atoms in total. The van der Waals surface area contributed by atoms with Gasteiger partial charge in [-0.05, 0) is 36.0 Å². The summed E-state index contributed by atoms with van der Waals surface area (Å²) < 4.78 is 5.59. The van der Waals surface area contributed by atoms with Crippen LogP contribution in [0.4, 0.5) is 0 Å². The van der Waals surface area contributed by atoms with Gasteiger partial charge >= 0.3 is 0 Å². The molecule has 1 aliphatic heterocycles. The van der Waals surface area contributed by atoms with Crippen LogP contribution in [0.15, 0.2) is 54.6 Å². The normalized spacial score (nSPS) is 24.9. The van der Waals surface area contributed by atoms with Crippen LogP contribution in [-0.2, 0) is 16.0 Å². The SMILES string of the molecule is O=C(CCc1ccc(-c2ccccc2)cc1)N[C@H]1C[C@@H]2OCC[C@H]12. The van der Waals surface area contributed by atoms with E-state index in [1.807, 2.05) is 18.2 Å². The predicted molar refractivity (Wildman–Crippen MR) is 94.6 cm³/mol. The van der Waals surface area contributed by atoms with Crippen molar-refractivity contribution < 1.29 is 9.53 Å². The van der Waals surface area contributed by atoms with Crippen LogP contribution in [0.25, 0.3) is 11.1 Å². The number of hydrogen-bond acceptors (Lipinski definition) is 2. The summed E-state index contributed by atoms with van der Waals surface area (Å²) >= 11 is 0. The van der Waals surface area contributed by atoms with Crippen LogP contribution in [0.3, 0.4) is 0 Å². The van der Waals surface area contributed by atoms with Gasteiger partial charge in [0.25, 0.3) is 0 Å². The predicted octanol–water partition coefficient (Wildman–Crippen LogP) is 3.58. The van der Waals surface area contributed by atoms with Gasteiger partial charge in [-0.25, -0.2) is 0 Å². The van der Waals surface area contributed by atoms with Crippen molar-refractivity contribution >= 4 is 5.91 Å². The monoisotopic (exact) mass is 321 g/mol. The van der Waals surface area contributed by atoms with Crippen LogP contribution in [0.5, 0.6) is 0 Å². The van der Waals surface area contributed by atoms with Gasteiger partial charge in [0.1, 0.15) is 0 Å². The Bertz CT molecular complexity index is 696. The molecule has 2 aliphatic rings. The third-order valence-electron chi connectivity index (χ3n) is 5.31.